The predicted octanol–water partition coefficient (Wildman–Crippen LogP) is 3.11. The fourth-order valence-corrected chi connectivity index (χ4v) is 2.14. The van der Waals surface area contributed by atoms with Gasteiger partial charge < -0.3 is 10.1 Å². The van der Waals surface area contributed by atoms with E-state index >= 15 is 0 Å². The van der Waals surface area contributed by atoms with Crippen molar-refractivity contribution in [2.45, 2.75) is 13.0 Å². The lowest BCUT2D eigenvalue weighted by Crippen LogP contribution is -2.06. The lowest BCUT2D eigenvalue weighted by Gasteiger charge is -2.12. The van der Waals surface area contributed by atoms with Gasteiger partial charge in [-0.2, -0.15) is 0 Å². The third-order valence-corrected chi connectivity index (χ3v) is 3.26. The van der Waals surface area contributed by atoms with Crippen molar-refractivity contribution in [3.63, 3.8) is 0 Å². The summed E-state index contributed by atoms with van der Waals surface area (Å²) in [6.07, 6.45) is -0.561. The third-order valence-electron chi connectivity index (χ3n) is 2.64. The largest absolute Gasteiger partial charge is 0.388 e. The molecule has 0 radical (unpaired) electrons. The molecule has 3 nitrogen and oxygen atoms in total. The van der Waals surface area contributed by atoms with Crippen molar-refractivity contribution in [1.29, 1.82) is 0 Å². The minimum Gasteiger partial charge on any atom is -0.388 e. The van der Waals surface area contributed by atoms with Crippen LogP contribution in [0.4, 0.5) is 9.15 Å². The number of rotatable bonds is 2. The van der Waals surface area contributed by atoms with E-state index in [1.807, 2.05) is 19.1 Å². The summed E-state index contributed by atoms with van der Waals surface area (Å²) in [5.74, 6) is 0. The van der Waals surface area contributed by atoms with Crippen molar-refractivity contribution in [3.8, 4) is 0 Å². The summed E-state index contributed by atoms with van der Waals surface area (Å²) in [5, 5.41) is 11.2. The minimum atomic E-state index is -0.561. The van der Waals surface area contributed by atoms with Gasteiger partial charge in [-0.15, -0.1) is 0 Å². The Labute approximate surface area is 110 Å². The molecule has 0 spiro atoms. The normalized spacial score (nSPS) is 11.8. The van der Waals surface area contributed by atoms with Crippen LogP contribution < -0.4 is 5.56 Å². The number of aliphatic hydroxyl groups is 1. The smallest absolute Gasteiger partial charge is 0.248 e. The molecule has 0 fully saturated rings. The summed E-state index contributed by atoms with van der Waals surface area (Å²) in [6.45, 7) is 1.93. The first-order chi connectivity index (χ1) is 8.63. The molecule has 1 aromatic carbocycles. The maximum atomic E-state index is 11.3. The Morgan fingerprint density at radius 1 is 1.33 bits per heavy atom. The maximum Gasteiger partial charge on any atom is 0.248 e. The Hall–Kier alpha value is -1.27. The highest BCUT2D eigenvalue weighted by Gasteiger charge is 2.11. The third kappa shape index (κ3) is 2.94. The van der Waals surface area contributed by atoms with Gasteiger partial charge in [-0.1, -0.05) is 28.1 Å². The van der Waals surface area contributed by atoms with Crippen molar-refractivity contribution in [2.24, 2.45) is 0 Å². The van der Waals surface area contributed by atoms with Crippen LogP contribution in [-0.2, 0) is 0 Å². The first-order valence-electron chi connectivity index (χ1n) is 5.14. The van der Waals surface area contributed by atoms with Crippen LogP contribution in [0.25, 0.3) is 10.9 Å². The molecule has 0 unspecified atom stereocenters. The van der Waals surface area contributed by atoms with Crippen LogP contribution in [0.1, 0.15) is 17.2 Å². The number of hydrogen-bond donors (Lipinski definition) is 2. The fraction of sp³-hybridized carbons (Fsp3) is 0.250. The summed E-state index contributed by atoms with van der Waals surface area (Å²) >= 11 is 3.25. The second kappa shape index (κ2) is 6.61. The number of aryl methyl sites for hydroxylation is 1. The van der Waals surface area contributed by atoms with Crippen LogP contribution in [0.2, 0.25) is 0 Å². The molecule has 18 heavy (non-hydrogen) atoms. The number of fused-ring (bicyclic) bond motifs is 1. The number of alkyl halides is 1. The Kier molecular flexibility index (Phi) is 5.43. The first kappa shape index (κ1) is 14.8. The average Bonchev–Trinajstić information content (AvgIpc) is 2.41. The Morgan fingerprint density at radius 3 is 2.61 bits per heavy atom. The predicted molar refractivity (Wildman–Crippen MR) is 70.3 cm³/mol. The monoisotopic (exact) mass is 319 g/mol. The molecule has 2 N–H and O–H groups in total. The summed E-state index contributed by atoms with van der Waals surface area (Å²) in [6, 6.07) is 7.02. The molecule has 2 rings (SSSR count). The maximum absolute atomic E-state index is 11.3. The zero-order valence-corrected chi connectivity index (χ0v) is 11.2. The molecular weight excluding hydrogens is 308 g/mol. The Balaban J connectivity index is 0.000000771. The molecule has 0 aliphatic rings. The van der Waals surface area contributed by atoms with Crippen molar-refractivity contribution < 1.29 is 14.3 Å². The van der Waals surface area contributed by atoms with Crippen LogP contribution in [0.5, 0.6) is 0 Å². The standard InChI is InChI=1S/C12H12BrNO2.F2/c1-7-2-3-8(10(15)6-13)9-4-5-11(16)14-12(7)9;1-2/h2-5,10,15H,6H2,1H3,(H,14,16);/t10-;/m0./s1. The number of benzene rings is 1. The van der Waals surface area contributed by atoms with E-state index in [-0.39, 0.29) is 5.56 Å². The van der Waals surface area contributed by atoms with Gasteiger partial charge in [-0.3, -0.25) is 4.79 Å². The molecule has 1 atom stereocenters. The quantitative estimate of drug-likeness (QED) is 0.836. The zero-order valence-electron chi connectivity index (χ0n) is 9.58. The molecule has 0 saturated heterocycles. The minimum absolute atomic E-state index is 0.124. The van der Waals surface area contributed by atoms with Crippen molar-refractivity contribution in [3.05, 3.63) is 45.7 Å². The number of hydrogen-bond acceptors (Lipinski definition) is 2. The van der Waals surface area contributed by atoms with Crippen molar-refractivity contribution in [2.75, 3.05) is 5.33 Å². The summed E-state index contributed by atoms with van der Waals surface area (Å²) in [5.41, 5.74) is 2.50. The number of pyridine rings is 1. The van der Waals surface area contributed by atoms with Crippen LogP contribution in [0, 0.1) is 6.92 Å². The molecule has 0 bridgehead atoms. The number of nitrogens with one attached hydrogen (secondary N) is 1. The van der Waals surface area contributed by atoms with Gasteiger partial charge in [0.05, 0.1) is 11.6 Å². The van der Waals surface area contributed by atoms with Crippen LogP contribution in [0.3, 0.4) is 0 Å². The average molecular weight is 320 g/mol. The molecule has 0 saturated carbocycles. The second-order valence-electron chi connectivity index (χ2n) is 3.75. The molecule has 0 aliphatic carbocycles. The first-order valence-corrected chi connectivity index (χ1v) is 6.26. The van der Waals surface area contributed by atoms with E-state index in [2.05, 4.69) is 20.9 Å². The Bertz CT molecular complexity index is 586. The van der Waals surface area contributed by atoms with E-state index < -0.39 is 6.10 Å². The molecule has 0 aliphatic heterocycles. The molecule has 2 aromatic rings. The number of aliphatic hydroxyl groups excluding tert-OH is 1. The highest BCUT2D eigenvalue weighted by molar-refractivity contribution is 9.09. The van der Waals surface area contributed by atoms with E-state index in [0.717, 1.165) is 22.0 Å². The van der Waals surface area contributed by atoms with E-state index in [1.54, 1.807) is 6.07 Å². The van der Waals surface area contributed by atoms with Gasteiger partial charge in [0.2, 0.25) is 5.56 Å². The van der Waals surface area contributed by atoms with Gasteiger partial charge in [0, 0.05) is 25.9 Å². The summed E-state index contributed by atoms with van der Waals surface area (Å²) < 4.78 is 16.0. The second-order valence-corrected chi connectivity index (χ2v) is 4.40. The zero-order chi connectivity index (χ0) is 13.7. The molecule has 0 amide bonds. The topological polar surface area (TPSA) is 53.1 Å². The van der Waals surface area contributed by atoms with Crippen LogP contribution in [0.15, 0.2) is 29.1 Å². The molecule has 1 heterocycles. The van der Waals surface area contributed by atoms with E-state index in [1.165, 1.54) is 6.07 Å². The van der Waals surface area contributed by atoms with Crippen LogP contribution in [-0.4, -0.2) is 15.4 Å². The van der Waals surface area contributed by atoms with Crippen molar-refractivity contribution in [1.82, 2.24) is 4.98 Å². The lowest BCUT2D eigenvalue weighted by molar-refractivity contribution is 0.108. The summed E-state index contributed by atoms with van der Waals surface area (Å²) in [4.78, 5) is 14.1. The molecule has 98 valence electrons. The van der Waals surface area contributed by atoms with Gasteiger partial charge in [0.25, 0.3) is 0 Å². The molecular formula is C12H12BrF2NO2. The van der Waals surface area contributed by atoms with Gasteiger partial charge in [-0.25, -0.2) is 0 Å². The van der Waals surface area contributed by atoms with Gasteiger partial charge >= 0.3 is 0 Å². The van der Waals surface area contributed by atoms with Gasteiger partial charge in [0.1, 0.15) is 0 Å². The van der Waals surface area contributed by atoms with Gasteiger partial charge in [0.15, 0.2) is 0 Å². The van der Waals surface area contributed by atoms with Gasteiger partial charge in [-0.05, 0) is 24.1 Å². The number of halogens is 3. The van der Waals surface area contributed by atoms with Crippen molar-refractivity contribution >= 4 is 26.8 Å². The Morgan fingerprint density at radius 2 is 2.00 bits per heavy atom. The van der Waals surface area contributed by atoms with E-state index in [0.29, 0.717) is 5.33 Å². The number of H-pyrrole nitrogens is 1. The highest BCUT2D eigenvalue weighted by Crippen LogP contribution is 2.25. The SMILES string of the molecule is Cc1ccc([C@@H](O)CBr)c2ccc(=O)[nH]c12.FF. The fourth-order valence-electron chi connectivity index (χ4n) is 1.79. The van der Waals surface area contributed by atoms with E-state index in [9.17, 15) is 9.90 Å². The highest BCUT2D eigenvalue weighted by atomic mass is 79.9. The number of aromatic amines is 1. The molecule has 1 aromatic heterocycles. The molecule has 6 heteroatoms. The number of aromatic nitrogens is 1. The van der Waals surface area contributed by atoms with E-state index in [4.69, 9.17) is 9.15 Å². The van der Waals surface area contributed by atoms with Crippen LogP contribution >= 0.6 is 15.9 Å². The summed E-state index contributed by atoms with van der Waals surface area (Å²) in [7, 11) is 0. The lowest BCUT2D eigenvalue weighted by atomic mass is 10.0.